The Kier molecular flexibility index (Phi) is 6.55. The Hall–Kier alpha value is -1.98. The van der Waals surface area contributed by atoms with Gasteiger partial charge in [0.05, 0.1) is 13.2 Å². The summed E-state index contributed by atoms with van der Waals surface area (Å²) in [6.07, 6.45) is 8.71. The first-order valence-corrected chi connectivity index (χ1v) is 10.7. The molecule has 1 aromatic heterocycles. The summed E-state index contributed by atoms with van der Waals surface area (Å²) in [5, 5.41) is 2.52. The van der Waals surface area contributed by atoms with E-state index in [2.05, 4.69) is 39.0 Å². The summed E-state index contributed by atoms with van der Waals surface area (Å²) in [6, 6.07) is 8.62. The lowest BCUT2D eigenvalue weighted by atomic mass is 9.86. The van der Waals surface area contributed by atoms with Crippen LogP contribution in [0.2, 0.25) is 0 Å². The molecule has 0 atom stereocenters. The van der Waals surface area contributed by atoms with Crippen LogP contribution in [0.4, 0.5) is 0 Å². The van der Waals surface area contributed by atoms with Crippen molar-refractivity contribution in [1.29, 1.82) is 0 Å². The first kappa shape index (κ1) is 19.3. The van der Waals surface area contributed by atoms with Crippen molar-refractivity contribution in [2.24, 2.45) is 0 Å². The molecule has 1 aromatic carbocycles. The second-order valence-corrected chi connectivity index (χ2v) is 8.01. The van der Waals surface area contributed by atoms with Crippen LogP contribution in [0.25, 0.3) is 10.8 Å². The molecule has 1 amide bonds. The molecule has 0 saturated carbocycles. The number of benzene rings is 1. The van der Waals surface area contributed by atoms with Gasteiger partial charge in [0, 0.05) is 50.4 Å². The number of ether oxygens (including phenoxy) is 1. The Morgan fingerprint density at radius 3 is 2.71 bits per heavy atom. The Morgan fingerprint density at radius 2 is 1.89 bits per heavy atom. The van der Waals surface area contributed by atoms with Crippen LogP contribution < -0.4 is 0 Å². The van der Waals surface area contributed by atoms with Gasteiger partial charge in [-0.25, -0.2) is 0 Å². The van der Waals surface area contributed by atoms with Crippen LogP contribution in [-0.4, -0.2) is 66.6 Å². The molecule has 0 bridgehead atoms. The van der Waals surface area contributed by atoms with Crippen molar-refractivity contribution >= 4 is 16.7 Å². The van der Waals surface area contributed by atoms with Crippen molar-refractivity contribution in [2.75, 3.05) is 45.9 Å². The summed E-state index contributed by atoms with van der Waals surface area (Å²) in [4.78, 5) is 21.4. The highest BCUT2D eigenvalue weighted by Gasteiger charge is 2.24. The Balaban J connectivity index is 1.23. The van der Waals surface area contributed by atoms with Gasteiger partial charge in [-0.3, -0.25) is 14.7 Å². The van der Waals surface area contributed by atoms with E-state index in [1.165, 1.54) is 16.3 Å². The molecule has 150 valence electrons. The molecule has 0 radical (unpaired) electrons. The van der Waals surface area contributed by atoms with Gasteiger partial charge >= 0.3 is 0 Å². The standard InChI is InChI=1S/C23H31N3O2/c27-23(6-1-2-11-25-14-16-28-17-15-25)26-12-8-19(9-13-26)21-5-3-4-20-18-24-10-7-22(20)21/h3-5,7,10,18-19H,1-2,6,8-9,11-17H2. The molecule has 2 fully saturated rings. The van der Waals surface area contributed by atoms with Gasteiger partial charge in [0.25, 0.3) is 0 Å². The van der Waals surface area contributed by atoms with Gasteiger partial charge < -0.3 is 9.64 Å². The molecule has 0 aliphatic carbocycles. The molecule has 5 heteroatoms. The monoisotopic (exact) mass is 381 g/mol. The molecule has 3 heterocycles. The van der Waals surface area contributed by atoms with Crippen LogP contribution in [-0.2, 0) is 9.53 Å². The fourth-order valence-electron chi connectivity index (χ4n) is 4.54. The molecule has 2 aliphatic heterocycles. The molecule has 5 nitrogen and oxygen atoms in total. The summed E-state index contributed by atoms with van der Waals surface area (Å²) < 4.78 is 5.38. The molecule has 2 aliphatic rings. The Labute approximate surface area is 167 Å². The van der Waals surface area contributed by atoms with Crippen LogP contribution in [0.5, 0.6) is 0 Å². The molecular weight excluding hydrogens is 350 g/mol. The number of pyridine rings is 1. The average molecular weight is 382 g/mol. The van der Waals surface area contributed by atoms with Gasteiger partial charge in [-0.05, 0) is 55.2 Å². The zero-order chi connectivity index (χ0) is 19.2. The fourth-order valence-corrected chi connectivity index (χ4v) is 4.54. The summed E-state index contributed by atoms with van der Waals surface area (Å²) >= 11 is 0. The fraction of sp³-hybridized carbons (Fsp3) is 0.565. The first-order valence-electron chi connectivity index (χ1n) is 10.7. The number of rotatable bonds is 6. The third-order valence-corrected chi connectivity index (χ3v) is 6.22. The van der Waals surface area contributed by atoms with Crippen molar-refractivity contribution in [3.8, 4) is 0 Å². The van der Waals surface area contributed by atoms with Crippen molar-refractivity contribution < 1.29 is 9.53 Å². The van der Waals surface area contributed by atoms with E-state index in [1.807, 2.05) is 12.4 Å². The molecule has 4 rings (SSSR count). The van der Waals surface area contributed by atoms with Gasteiger partial charge in [0.1, 0.15) is 0 Å². The van der Waals surface area contributed by atoms with Crippen LogP contribution >= 0.6 is 0 Å². The number of piperidine rings is 1. The lowest BCUT2D eigenvalue weighted by Gasteiger charge is -2.33. The van der Waals surface area contributed by atoms with Gasteiger partial charge in [0.15, 0.2) is 0 Å². The summed E-state index contributed by atoms with van der Waals surface area (Å²) in [5.41, 5.74) is 1.41. The Bertz CT molecular complexity index is 775. The number of carbonyl (C=O) groups is 1. The van der Waals surface area contributed by atoms with E-state index in [1.54, 1.807) is 0 Å². The number of amides is 1. The third kappa shape index (κ3) is 4.70. The largest absolute Gasteiger partial charge is 0.379 e. The van der Waals surface area contributed by atoms with Crippen molar-refractivity contribution in [3.63, 3.8) is 0 Å². The topological polar surface area (TPSA) is 45.7 Å². The number of morpholine rings is 1. The second-order valence-electron chi connectivity index (χ2n) is 8.01. The van der Waals surface area contributed by atoms with Crippen molar-refractivity contribution in [2.45, 2.75) is 38.0 Å². The minimum Gasteiger partial charge on any atom is -0.379 e. The highest BCUT2D eigenvalue weighted by Crippen LogP contribution is 2.33. The number of likely N-dealkylation sites (tertiary alicyclic amines) is 1. The molecular formula is C23H31N3O2. The number of hydrogen-bond donors (Lipinski definition) is 0. The number of carbonyl (C=O) groups excluding carboxylic acids is 1. The van der Waals surface area contributed by atoms with Crippen LogP contribution in [0.3, 0.4) is 0 Å². The summed E-state index contributed by atoms with van der Waals surface area (Å²) in [7, 11) is 0. The molecule has 0 unspecified atom stereocenters. The number of aromatic nitrogens is 1. The van der Waals surface area contributed by atoms with E-state index in [4.69, 9.17) is 4.74 Å². The quantitative estimate of drug-likeness (QED) is 0.719. The smallest absolute Gasteiger partial charge is 0.222 e. The maximum absolute atomic E-state index is 12.6. The van der Waals surface area contributed by atoms with Crippen molar-refractivity contribution in [1.82, 2.24) is 14.8 Å². The molecule has 2 saturated heterocycles. The van der Waals surface area contributed by atoms with Gasteiger partial charge in [-0.15, -0.1) is 0 Å². The number of unbranched alkanes of at least 4 members (excludes halogenated alkanes) is 1. The maximum atomic E-state index is 12.6. The molecule has 28 heavy (non-hydrogen) atoms. The van der Waals surface area contributed by atoms with Gasteiger partial charge in [-0.1, -0.05) is 18.2 Å². The van der Waals surface area contributed by atoms with Gasteiger partial charge in [-0.2, -0.15) is 0 Å². The minimum atomic E-state index is 0.336. The average Bonchev–Trinajstić information content (AvgIpc) is 2.77. The highest BCUT2D eigenvalue weighted by molar-refractivity contribution is 5.85. The van der Waals surface area contributed by atoms with Crippen molar-refractivity contribution in [3.05, 3.63) is 42.2 Å². The highest BCUT2D eigenvalue weighted by atomic mass is 16.5. The minimum absolute atomic E-state index is 0.336. The van der Waals surface area contributed by atoms with E-state index < -0.39 is 0 Å². The molecule has 2 aromatic rings. The van der Waals surface area contributed by atoms with E-state index in [0.717, 1.165) is 71.6 Å². The van der Waals surface area contributed by atoms with Gasteiger partial charge in [0.2, 0.25) is 5.91 Å². The lowest BCUT2D eigenvalue weighted by Crippen LogP contribution is -2.38. The first-order chi connectivity index (χ1) is 13.8. The Morgan fingerprint density at radius 1 is 1.07 bits per heavy atom. The summed E-state index contributed by atoms with van der Waals surface area (Å²) in [5.74, 6) is 0.874. The van der Waals surface area contributed by atoms with Crippen LogP contribution in [0, 0.1) is 0 Å². The lowest BCUT2D eigenvalue weighted by molar-refractivity contribution is -0.132. The maximum Gasteiger partial charge on any atom is 0.222 e. The predicted octanol–water partition coefficient (Wildman–Crippen LogP) is 3.44. The number of hydrogen-bond acceptors (Lipinski definition) is 4. The molecule has 0 N–H and O–H groups in total. The van der Waals surface area contributed by atoms with Crippen LogP contribution in [0.1, 0.15) is 43.6 Å². The normalized spacial score (nSPS) is 19.2. The number of fused-ring (bicyclic) bond motifs is 1. The van der Waals surface area contributed by atoms with E-state index >= 15 is 0 Å². The predicted molar refractivity (Wildman–Crippen MR) is 111 cm³/mol. The zero-order valence-corrected chi connectivity index (χ0v) is 16.7. The van der Waals surface area contributed by atoms with E-state index in [-0.39, 0.29) is 0 Å². The number of nitrogens with zero attached hydrogens (tertiary/aromatic N) is 3. The van der Waals surface area contributed by atoms with Crippen LogP contribution in [0.15, 0.2) is 36.7 Å². The second kappa shape index (κ2) is 9.48. The zero-order valence-electron chi connectivity index (χ0n) is 16.7. The van der Waals surface area contributed by atoms with E-state index in [0.29, 0.717) is 18.2 Å². The summed E-state index contributed by atoms with van der Waals surface area (Å²) in [6.45, 7) is 6.62. The molecule has 0 spiro atoms. The third-order valence-electron chi connectivity index (χ3n) is 6.22. The SMILES string of the molecule is O=C(CCCCN1CCOCC1)N1CCC(c2cccc3cnccc23)CC1. The van der Waals surface area contributed by atoms with E-state index in [9.17, 15) is 4.79 Å².